The maximum Gasteiger partial charge on any atom is 0.246 e. The molecule has 0 atom stereocenters. The number of hydrogen-bond acceptors (Lipinski definition) is 4. The van der Waals surface area contributed by atoms with E-state index in [1.165, 1.54) is 0 Å². The van der Waals surface area contributed by atoms with Gasteiger partial charge in [-0.3, -0.25) is 9.48 Å². The van der Waals surface area contributed by atoms with Crippen LogP contribution in [0.25, 0.3) is 0 Å². The maximum absolute atomic E-state index is 11.8. The fourth-order valence-electron chi connectivity index (χ4n) is 1.54. The molecule has 0 aliphatic rings. The second-order valence-electron chi connectivity index (χ2n) is 3.96. The Hall–Kier alpha value is -2.11. The van der Waals surface area contributed by atoms with Gasteiger partial charge in [0.25, 0.3) is 0 Å². The summed E-state index contributed by atoms with van der Waals surface area (Å²) in [5.41, 5.74) is 2.33. The van der Waals surface area contributed by atoms with Crippen molar-refractivity contribution in [2.45, 2.75) is 27.3 Å². The number of carbonyl (C=O) groups excluding carboxylic acids is 1. The quantitative estimate of drug-likeness (QED) is 0.872. The first-order valence-corrected chi connectivity index (χ1v) is 5.28. The van der Waals surface area contributed by atoms with Gasteiger partial charge in [-0.25, -0.2) is 0 Å². The van der Waals surface area contributed by atoms with Crippen molar-refractivity contribution in [2.24, 2.45) is 0 Å². The number of aryl methyl sites for hydroxylation is 3. The Morgan fingerprint density at radius 1 is 1.47 bits per heavy atom. The smallest absolute Gasteiger partial charge is 0.246 e. The van der Waals surface area contributed by atoms with Crippen LogP contribution in [-0.2, 0) is 11.3 Å². The summed E-state index contributed by atoms with van der Waals surface area (Å²) in [6.07, 6.45) is 3.52. The zero-order valence-corrected chi connectivity index (χ0v) is 10.0. The van der Waals surface area contributed by atoms with Crippen LogP contribution in [0.15, 0.2) is 16.9 Å². The van der Waals surface area contributed by atoms with E-state index in [4.69, 9.17) is 4.52 Å². The lowest BCUT2D eigenvalue weighted by Crippen LogP contribution is -2.19. The van der Waals surface area contributed by atoms with Crippen molar-refractivity contribution in [3.63, 3.8) is 0 Å². The Kier molecular flexibility index (Phi) is 2.95. The zero-order chi connectivity index (χ0) is 12.4. The van der Waals surface area contributed by atoms with Crippen LogP contribution in [0.1, 0.15) is 17.0 Å². The Balaban J connectivity index is 2.03. The number of amides is 1. The first-order valence-electron chi connectivity index (χ1n) is 5.28. The fraction of sp³-hybridized carbons (Fsp3) is 0.364. The SMILES string of the molecule is Cc1cnn(CC(=O)Nc2c(C)noc2C)c1. The van der Waals surface area contributed by atoms with Crippen LogP contribution in [0, 0.1) is 20.8 Å². The average molecular weight is 234 g/mol. The molecule has 0 aromatic carbocycles. The van der Waals surface area contributed by atoms with Gasteiger partial charge in [0.1, 0.15) is 17.9 Å². The summed E-state index contributed by atoms with van der Waals surface area (Å²) < 4.78 is 6.55. The molecule has 0 saturated carbocycles. The highest BCUT2D eigenvalue weighted by molar-refractivity contribution is 5.91. The van der Waals surface area contributed by atoms with E-state index in [0.717, 1.165) is 5.56 Å². The molecule has 0 bridgehead atoms. The first-order chi connectivity index (χ1) is 8.06. The molecule has 0 aliphatic heterocycles. The van der Waals surface area contributed by atoms with Gasteiger partial charge in [-0.2, -0.15) is 5.10 Å². The predicted molar refractivity (Wildman–Crippen MR) is 61.6 cm³/mol. The van der Waals surface area contributed by atoms with E-state index in [2.05, 4.69) is 15.6 Å². The van der Waals surface area contributed by atoms with Crippen molar-refractivity contribution >= 4 is 11.6 Å². The standard InChI is InChI=1S/C11H14N4O2/c1-7-4-12-15(5-7)6-10(16)13-11-8(2)14-17-9(11)3/h4-5H,6H2,1-3H3,(H,13,16). The Bertz CT molecular complexity index is 522. The zero-order valence-electron chi connectivity index (χ0n) is 10.0. The summed E-state index contributed by atoms with van der Waals surface area (Å²) in [7, 11) is 0. The maximum atomic E-state index is 11.8. The Morgan fingerprint density at radius 2 is 2.24 bits per heavy atom. The van der Waals surface area contributed by atoms with Crippen molar-refractivity contribution in [1.29, 1.82) is 0 Å². The Morgan fingerprint density at radius 3 is 2.76 bits per heavy atom. The molecule has 2 aromatic heterocycles. The molecule has 2 heterocycles. The molecule has 6 heteroatoms. The minimum absolute atomic E-state index is 0.150. The van der Waals surface area contributed by atoms with Crippen LogP contribution >= 0.6 is 0 Å². The number of rotatable bonds is 3. The molecule has 0 radical (unpaired) electrons. The minimum Gasteiger partial charge on any atom is -0.359 e. The van der Waals surface area contributed by atoms with Gasteiger partial charge in [0.05, 0.1) is 6.20 Å². The third kappa shape index (κ3) is 2.52. The van der Waals surface area contributed by atoms with Crippen molar-refractivity contribution in [3.05, 3.63) is 29.4 Å². The average Bonchev–Trinajstić information content (AvgIpc) is 2.79. The number of carbonyl (C=O) groups is 1. The minimum atomic E-state index is -0.150. The monoisotopic (exact) mass is 234 g/mol. The summed E-state index contributed by atoms with van der Waals surface area (Å²) in [6.45, 7) is 5.64. The van der Waals surface area contributed by atoms with Gasteiger partial charge in [0.2, 0.25) is 5.91 Å². The van der Waals surface area contributed by atoms with Gasteiger partial charge in [0.15, 0.2) is 5.76 Å². The van der Waals surface area contributed by atoms with Crippen molar-refractivity contribution < 1.29 is 9.32 Å². The van der Waals surface area contributed by atoms with E-state index in [9.17, 15) is 4.79 Å². The van der Waals surface area contributed by atoms with E-state index in [0.29, 0.717) is 17.1 Å². The molecule has 1 amide bonds. The highest BCUT2D eigenvalue weighted by Gasteiger charge is 2.12. The highest BCUT2D eigenvalue weighted by atomic mass is 16.5. The number of anilines is 1. The topological polar surface area (TPSA) is 73.0 Å². The van der Waals surface area contributed by atoms with Gasteiger partial charge in [-0.1, -0.05) is 5.16 Å². The van der Waals surface area contributed by atoms with E-state index < -0.39 is 0 Å². The summed E-state index contributed by atoms with van der Waals surface area (Å²) in [5.74, 6) is 0.454. The van der Waals surface area contributed by atoms with Crippen molar-refractivity contribution in [1.82, 2.24) is 14.9 Å². The molecular formula is C11H14N4O2. The number of aromatic nitrogens is 3. The van der Waals surface area contributed by atoms with Crippen LogP contribution in [0.5, 0.6) is 0 Å². The highest BCUT2D eigenvalue weighted by Crippen LogP contribution is 2.18. The first kappa shape index (κ1) is 11.4. The lowest BCUT2D eigenvalue weighted by molar-refractivity contribution is -0.116. The molecule has 0 spiro atoms. The van der Waals surface area contributed by atoms with Crippen LogP contribution in [0.3, 0.4) is 0 Å². The summed E-state index contributed by atoms with van der Waals surface area (Å²) >= 11 is 0. The van der Waals surface area contributed by atoms with Gasteiger partial charge >= 0.3 is 0 Å². The van der Waals surface area contributed by atoms with Crippen LogP contribution in [-0.4, -0.2) is 20.8 Å². The predicted octanol–water partition coefficient (Wildman–Crippen LogP) is 1.44. The third-order valence-electron chi connectivity index (χ3n) is 2.37. The summed E-state index contributed by atoms with van der Waals surface area (Å²) in [6, 6.07) is 0. The second-order valence-corrected chi connectivity index (χ2v) is 3.96. The Labute approximate surface area is 98.6 Å². The van der Waals surface area contributed by atoms with E-state index in [1.54, 1.807) is 24.7 Å². The number of nitrogens with one attached hydrogen (secondary N) is 1. The van der Waals surface area contributed by atoms with Gasteiger partial charge in [0, 0.05) is 6.20 Å². The third-order valence-corrected chi connectivity index (χ3v) is 2.37. The molecule has 2 rings (SSSR count). The summed E-state index contributed by atoms with van der Waals surface area (Å²) in [4.78, 5) is 11.8. The summed E-state index contributed by atoms with van der Waals surface area (Å²) in [5, 5.41) is 10.6. The van der Waals surface area contributed by atoms with Gasteiger partial charge < -0.3 is 9.84 Å². The van der Waals surface area contributed by atoms with E-state index in [-0.39, 0.29) is 12.5 Å². The number of hydrogen-bond donors (Lipinski definition) is 1. The van der Waals surface area contributed by atoms with Crippen molar-refractivity contribution in [2.75, 3.05) is 5.32 Å². The van der Waals surface area contributed by atoms with Crippen LogP contribution in [0.2, 0.25) is 0 Å². The molecular weight excluding hydrogens is 220 g/mol. The molecule has 2 aromatic rings. The van der Waals surface area contributed by atoms with Crippen LogP contribution in [0.4, 0.5) is 5.69 Å². The van der Waals surface area contributed by atoms with Gasteiger partial charge in [-0.05, 0) is 26.3 Å². The van der Waals surface area contributed by atoms with Crippen LogP contribution < -0.4 is 5.32 Å². The molecule has 1 N–H and O–H groups in total. The van der Waals surface area contributed by atoms with E-state index in [1.807, 2.05) is 13.1 Å². The molecule has 17 heavy (non-hydrogen) atoms. The normalized spacial score (nSPS) is 10.5. The van der Waals surface area contributed by atoms with Crippen molar-refractivity contribution in [3.8, 4) is 0 Å². The largest absolute Gasteiger partial charge is 0.359 e. The molecule has 0 aliphatic carbocycles. The van der Waals surface area contributed by atoms with Gasteiger partial charge in [-0.15, -0.1) is 0 Å². The lowest BCUT2D eigenvalue weighted by atomic mass is 10.3. The lowest BCUT2D eigenvalue weighted by Gasteiger charge is -2.04. The number of nitrogens with zero attached hydrogens (tertiary/aromatic N) is 3. The molecule has 0 saturated heterocycles. The molecule has 90 valence electrons. The fourth-order valence-corrected chi connectivity index (χ4v) is 1.54. The molecule has 0 fully saturated rings. The second kappa shape index (κ2) is 4.40. The molecule has 6 nitrogen and oxygen atoms in total. The molecule has 0 unspecified atom stereocenters. The van der Waals surface area contributed by atoms with E-state index >= 15 is 0 Å².